The van der Waals surface area contributed by atoms with Gasteiger partial charge in [0, 0.05) is 10.9 Å². The number of rotatable bonds is 6. The lowest BCUT2D eigenvalue weighted by Crippen LogP contribution is -2.07. The van der Waals surface area contributed by atoms with Crippen molar-refractivity contribution in [1.29, 1.82) is 0 Å². The third-order valence-electron chi connectivity index (χ3n) is 3.37. The van der Waals surface area contributed by atoms with E-state index in [1.807, 2.05) is 19.1 Å². The van der Waals surface area contributed by atoms with E-state index in [0.717, 1.165) is 24.2 Å². The number of hydrogen-bond acceptors (Lipinski definition) is 1. The minimum Gasteiger partial charge on any atom is -0.303 e. The third-order valence-corrected chi connectivity index (χ3v) is 3.61. The van der Waals surface area contributed by atoms with Gasteiger partial charge in [0.2, 0.25) is 0 Å². The van der Waals surface area contributed by atoms with E-state index in [1.165, 1.54) is 16.7 Å². The molecule has 1 nitrogen and oxygen atoms in total. The largest absolute Gasteiger partial charge is 0.303 e. The van der Waals surface area contributed by atoms with Gasteiger partial charge in [-0.2, -0.15) is 0 Å². The van der Waals surface area contributed by atoms with Crippen molar-refractivity contribution in [3.05, 3.63) is 46.0 Å². The molecule has 104 valence electrons. The van der Waals surface area contributed by atoms with Crippen LogP contribution in [0.4, 0.5) is 0 Å². The van der Waals surface area contributed by atoms with Crippen LogP contribution in [0.3, 0.4) is 0 Å². The highest BCUT2D eigenvalue weighted by molar-refractivity contribution is 6.30. The van der Waals surface area contributed by atoms with Gasteiger partial charge in [0.15, 0.2) is 0 Å². The van der Waals surface area contributed by atoms with Gasteiger partial charge in [-0.3, -0.25) is 0 Å². The van der Waals surface area contributed by atoms with Crippen molar-refractivity contribution in [3.8, 4) is 0 Å². The van der Waals surface area contributed by atoms with E-state index in [0.29, 0.717) is 5.92 Å². The molecule has 0 N–H and O–H groups in total. The topological polar surface area (TPSA) is 17.1 Å². The van der Waals surface area contributed by atoms with Gasteiger partial charge in [0.05, 0.1) is 0 Å². The summed E-state index contributed by atoms with van der Waals surface area (Å²) in [4.78, 5) is 10.9. The van der Waals surface area contributed by atoms with Crippen LogP contribution in [0.25, 0.3) is 0 Å². The highest BCUT2D eigenvalue weighted by Gasteiger charge is 2.16. The minimum atomic E-state index is 0.0886. The second-order valence-corrected chi connectivity index (χ2v) is 6.00. The Morgan fingerprint density at radius 1 is 1.37 bits per heavy atom. The van der Waals surface area contributed by atoms with E-state index in [-0.39, 0.29) is 5.92 Å². The van der Waals surface area contributed by atoms with Crippen LogP contribution in [-0.2, 0) is 4.79 Å². The fraction of sp³-hybridized carbons (Fsp3) is 0.471. The van der Waals surface area contributed by atoms with E-state index in [2.05, 4.69) is 32.9 Å². The molecule has 1 aromatic carbocycles. The Labute approximate surface area is 121 Å². The standard InChI is InChI=1S/C17H23ClO/c1-12(2)5-6-15(9-13(3)11-19)17-8-7-16(18)10-14(17)4/h5,7-8,10-11,13,15H,6,9H2,1-4H3. The van der Waals surface area contributed by atoms with Crippen molar-refractivity contribution in [2.75, 3.05) is 0 Å². The lowest BCUT2D eigenvalue weighted by atomic mass is 9.85. The molecular formula is C17H23ClO. The van der Waals surface area contributed by atoms with Crippen LogP contribution in [-0.4, -0.2) is 6.29 Å². The molecule has 0 fully saturated rings. The number of carbonyl (C=O) groups is 1. The second-order valence-electron chi connectivity index (χ2n) is 5.56. The summed E-state index contributed by atoms with van der Waals surface area (Å²) in [6, 6.07) is 6.03. The quantitative estimate of drug-likeness (QED) is 0.509. The van der Waals surface area contributed by atoms with Crippen LogP contribution >= 0.6 is 11.6 Å². The van der Waals surface area contributed by atoms with E-state index in [4.69, 9.17) is 11.6 Å². The molecule has 0 aliphatic carbocycles. The fourth-order valence-electron chi connectivity index (χ4n) is 2.33. The maximum atomic E-state index is 10.9. The molecule has 2 atom stereocenters. The second kappa shape index (κ2) is 7.49. The molecule has 0 spiro atoms. The van der Waals surface area contributed by atoms with Crippen LogP contribution in [0.2, 0.25) is 5.02 Å². The summed E-state index contributed by atoms with van der Waals surface area (Å²) in [5.41, 5.74) is 3.82. The van der Waals surface area contributed by atoms with Crippen molar-refractivity contribution in [1.82, 2.24) is 0 Å². The van der Waals surface area contributed by atoms with E-state index < -0.39 is 0 Å². The maximum Gasteiger partial charge on any atom is 0.122 e. The maximum absolute atomic E-state index is 10.9. The van der Waals surface area contributed by atoms with Gasteiger partial charge in [-0.25, -0.2) is 0 Å². The van der Waals surface area contributed by atoms with Gasteiger partial charge >= 0.3 is 0 Å². The zero-order valence-corrected chi connectivity index (χ0v) is 13.0. The smallest absolute Gasteiger partial charge is 0.122 e. The number of aldehydes is 1. The van der Waals surface area contributed by atoms with Crippen molar-refractivity contribution in [2.45, 2.75) is 46.5 Å². The summed E-state index contributed by atoms with van der Waals surface area (Å²) in [7, 11) is 0. The van der Waals surface area contributed by atoms with E-state index in [1.54, 1.807) is 0 Å². The predicted octanol–water partition coefficient (Wildman–Crippen LogP) is 5.31. The van der Waals surface area contributed by atoms with Crippen LogP contribution < -0.4 is 0 Å². The Kier molecular flexibility index (Phi) is 6.30. The first-order valence-corrected chi connectivity index (χ1v) is 7.16. The molecule has 2 unspecified atom stereocenters. The molecule has 1 rings (SSSR count). The SMILES string of the molecule is CC(C)=CCC(CC(C)C=O)c1ccc(Cl)cc1C. The summed E-state index contributed by atoms with van der Waals surface area (Å²) in [5, 5.41) is 0.769. The predicted molar refractivity (Wildman–Crippen MR) is 82.8 cm³/mol. The summed E-state index contributed by atoms with van der Waals surface area (Å²) >= 11 is 6.01. The molecule has 19 heavy (non-hydrogen) atoms. The first-order chi connectivity index (χ1) is 8.93. The normalized spacial score (nSPS) is 13.7. The molecule has 0 heterocycles. The lowest BCUT2D eigenvalue weighted by Gasteiger charge is -2.20. The van der Waals surface area contributed by atoms with Gasteiger partial charge in [0.25, 0.3) is 0 Å². The molecular weight excluding hydrogens is 256 g/mol. The van der Waals surface area contributed by atoms with Crippen molar-refractivity contribution >= 4 is 17.9 Å². The van der Waals surface area contributed by atoms with Crippen LogP contribution in [0.1, 0.15) is 50.7 Å². The molecule has 0 aromatic heterocycles. The Balaban J connectivity index is 3.00. The number of carbonyl (C=O) groups excluding carboxylic acids is 1. The van der Waals surface area contributed by atoms with Crippen LogP contribution in [0.15, 0.2) is 29.8 Å². The lowest BCUT2D eigenvalue weighted by molar-refractivity contribution is -0.110. The molecule has 0 radical (unpaired) electrons. The fourth-order valence-corrected chi connectivity index (χ4v) is 2.56. The number of hydrogen-bond donors (Lipinski definition) is 0. The Bertz CT molecular complexity index is 458. The van der Waals surface area contributed by atoms with Crippen molar-refractivity contribution in [3.63, 3.8) is 0 Å². The summed E-state index contributed by atoms with van der Waals surface area (Å²) in [5.74, 6) is 0.470. The highest BCUT2D eigenvalue weighted by atomic mass is 35.5. The first-order valence-electron chi connectivity index (χ1n) is 6.78. The van der Waals surface area contributed by atoms with Crippen molar-refractivity contribution < 1.29 is 4.79 Å². The van der Waals surface area contributed by atoms with Gasteiger partial charge < -0.3 is 4.79 Å². The first kappa shape index (κ1) is 16.0. The average molecular weight is 279 g/mol. The van der Waals surface area contributed by atoms with Gasteiger partial charge in [0.1, 0.15) is 6.29 Å². The number of benzene rings is 1. The summed E-state index contributed by atoms with van der Waals surface area (Å²) in [6.07, 6.45) is 5.15. The highest BCUT2D eigenvalue weighted by Crippen LogP contribution is 2.31. The van der Waals surface area contributed by atoms with Crippen molar-refractivity contribution in [2.24, 2.45) is 5.92 Å². The molecule has 0 bridgehead atoms. The molecule has 1 aromatic rings. The average Bonchev–Trinajstić information content (AvgIpc) is 2.34. The molecule has 0 aliphatic heterocycles. The zero-order chi connectivity index (χ0) is 14.4. The monoisotopic (exact) mass is 278 g/mol. The van der Waals surface area contributed by atoms with E-state index in [9.17, 15) is 4.79 Å². The Morgan fingerprint density at radius 2 is 2.05 bits per heavy atom. The molecule has 0 saturated carbocycles. The molecule has 0 aliphatic rings. The Morgan fingerprint density at radius 3 is 2.58 bits per heavy atom. The van der Waals surface area contributed by atoms with Gasteiger partial charge in [-0.1, -0.05) is 36.2 Å². The summed E-state index contributed by atoms with van der Waals surface area (Å²) in [6.45, 7) is 8.28. The Hall–Kier alpha value is -1.08. The summed E-state index contributed by atoms with van der Waals surface area (Å²) < 4.78 is 0. The van der Waals surface area contributed by atoms with Crippen LogP contribution in [0, 0.1) is 12.8 Å². The van der Waals surface area contributed by atoms with Gasteiger partial charge in [-0.05, 0) is 62.8 Å². The number of halogens is 1. The number of allylic oxidation sites excluding steroid dienone is 2. The van der Waals surface area contributed by atoms with Crippen LogP contribution in [0.5, 0.6) is 0 Å². The molecule has 2 heteroatoms. The minimum absolute atomic E-state index is 0.0886. The third kappa shape index (κ3) is 5.20. The van der Waals surface area contributed by atoms with E-state index >= 15 is 0 Å². The van der Waals surface area contributed by atoms with Gasteiger partial charge in [-0.15, -0.1) is 0 Å². The number of aryl methyl sites for hydroxylation is 1. The molecule has 0 amide bonds. The zero-order valence-electron chi connectivity index (χ0n) is 12.2. The molecule has 0 saturated heterocycles.